The highest BCUT2D eigenvalue weighted by Gasteiger charge is 2.24. The van der Waals surface area contributed by atoms with Crippen molar-refractivity contribution in [3.05, 3.63) is 35.3 Å². The van der Waals surface area contributed by atoms with Crippen LogP contribution in [0.25, 0.3) is 11.3 Å². The van der Waals surface area contributed by atoms with Crippen LogP contribution in [0.3, 0.4) is 0 Å². The van der Waals surface area contributed by atoms with Crippen molar-refractivity contribution in [3.8, 4) is 17.0 Å². The van der Waals surface area contributed by atoms with Gasteiger partial charge in [-0.15, -0.1) is 0 Å². The van der Waals surface area contributed by atoms with E-state index in [-0.39, 0.29) is 17.0 Å². The summed E-state index contributed by atoms with van der Waals surface area (Å²) in [6, 6.07) is 4.15. The molecular formula is C12H8FNO4. The Labute approximate surface area is 101 Å². The standard InChI is InChI=1S/C12H8FNO4/c13-7-2-1-6-3-4-17-11(6)10(7)8-5-9(12(15)16)18-14-8/h1-2,5H,3-4H2,(H,15,16). The molecule has 0 unspecified atom stereocenters. The molecule has 6 heteroatoms. The minimum atomic E-state index is -1.25. The topological polar surface area (TPSA) is 72.6 Å². The number of halogens is 1. The molecule has 18 heavy (non-hydrogen) atoms. The number of aromatic nitrogens is 1. The van der Waals surface area contributed by atoms with E-state index in [0.29, 0.717) is 18.8 Å². The molecule has 0 atom stereocenters. The Kier molecular flexibility index (Phi) is 2.29. The van der Waals surface area contributed by atoms with Gasteiger partial charge in [0.05, 0.1) is 12.2 Å². The normalized spacial score (nSPS) is 13.2. The number of nitrogens with zero attached hydrogens (tertiary/aromatic N) is 1. The van der Waals surface area contributed by atoms with E-state index in [1.54, 1.807) is 6.07 Å². The van der Waals surface area contributed by atoms with E-state index in [2.05, 4.69) is 9.68 Å². The minimum absolute atomic E-state index is 0.128. The molecule has 0 bridgehead atoms. The first kappa shape index (κ1) is 10.8. The van der Waals surface area contributed by atoms with Gasteiger partial charge < -0.3 is 14.4 Å². The molecule has 1 aliphatic heterocycles. The third-order valence-electron chi connectivity index (χ3n) is 2.78. The van der Waals surface area contributed by atoms with Gasteiger partial charge in [-0.3, -0.25) is 0 Å². The van der Waals surface area contributed by atoms with Gasteiger partial charge in [-0.05, 0) is 11.6 Å². The van der Waals surface area contributed by atoms with Crippen LogP contribution in [0.2, 0.25) is 0 Å². The fourth-order valence-corrected chi connectivity index (χ4v) is 1.96. The van der Waals surface area contributed by atoms with Crippen molar-refractivity contribution in [1.29, 1.82) is 0 Å². The Morgan fingerprint density at radius 2 is 2.28 bits per heavy atom. The van der Waals surface area contributed by atoms with Gasteiger partial charge in [-0.2, -0.15) is 0 Å². The highest BCUT2D eigenvalue weighted by atomic mass is 19.1. The molecule has 0 aliphatic carbocycles. The molecule has 1 aromatic heterocycles. The molecule has 0 spiro atoms. The lowest BCUT2D eigenvalue weighted by atomic mass is 10.0. The molecule has 0 fully saturated rings. The molecule has 2 aromatic rings. The Morgan fingerprint density at radius 3 is 3.00 bits per heavy atom. The quantitative estimate of drug-likeness (QED) is 0.882. The zero-order valence-electron chi connectivity index (χ0n) is 9.14. The van der Waals surface area contributed by atoms with Crippen molar-refractivity contribution in [2.24, 2.45) is 0 Å². The lowest BCUT2D eigenvalue weighted by Crippen LogP contribution is -1.93. The van der Waals surface area contributed by atoms with Crippen molar-refractivity contribution >= 4 is 5.97 Å². The molecule has 1 N–H and O–H groups in total. The van der Waals surface area contributed by atoms with Gasteiger partial charge in [0.1, 0.15) is 17.3 Å². The van der Waals surface area contributed by atoms with Gasteiger partial charge in [0.15, 0.2) is 0 Å². The summed E-state index contributed by atoms with van der Waals surface area (Å²) in [6.45, 7) is 0.482. The summed E-state index contributed by atoms with van der Waals surface area (Å²) < 4.78 is 23.8. The maximum Gasteiger partial charge on any atom is 0.374 e. The summed E-state index contributed by atoms with van der Waals surface area (Å²) in [7, 11) is 0. The smallest absolute Gasteiger partial charge is 0.374 e. The predicted octanol–water partition coefficient (Wildman–Crippen LogP) is 2.11. The maximum absolute atomic E-state index is 13.8. The second-order valence-corrected chi connectivity index (χ2v) is 3.89. The first-order valence-corrected chi connectivity index (χ1v) is 5.31. The van der Waals surface area contributed by atoms with Crippen LogP contribution in [0.1, 0.15) is 16.1 Å². The average molecular weight is 249 g/mol. The monoisotopic (exact) mass is 249 g/mol. The van der Waals surface area contributed by atoms with Crippen molar-refractivity contribution in [3.63, 3.8) is 0 Å². The van der Waals surface area contributed by atoms with Crippen LogP contribution < -0.4 is 4.74 Å². The molecule has 92 valence electrons. The number of carboxylic acids is 1. The van der Waals surface area contributed by atoms with Crippen molar-refractivity contribution in [1.82, 2.24) is 5.16 Å². The number of ether oxygens (including phenoxy) is 1. The number of hydrogen-bond acceptors (Lipinski definition) is 4. The Hall–Kier alpha value is -2.37. The Bertz CT molecular complexity index is 635. The molecule has 0 amide bonds. The molecule has 5 nitrogen and oxygen atoms in total. The molecule has 1 aromatic carbocycles. The van der Waals surface area contributed by atoms with E-state index in [0.717, 1.165) is 5.56 Å². The molecule has 0 radical (unpaired) electrons. The van der Waals surface area contributed by atoms with Crippen molar-refractivity contribution in [2.75, 3.05) is 6.61 Å². The van der Waals surface area contributed by atoms with E-state index < -0.39 is 11.8 Å². The summed E-state index contributed by atoms with van der Waals surface area (Å²) in [5.41, 5.74) is 1.16. The Balaban J connectivity index is 2.16. The minimum Gasteiger partial charge on any atom is -0.492 e. The van der Waals surface area contributed by atoms with Crippen LogP contribution in [0, 0.1) is 5.82 Å². The third-order valence-corrected chi connectivity index (χ3v) is 2.78. The molecule has 1 aliphatic rings. The second kappa shape index (κ2) is 3.83. The van der Waals surface area contributed by atoms with Gasteiger partial charge >= 0.3 is 5.97 Å². The van der Waals surface area contributed by atoms with Crippen LogP contribution in [-0.2, 0) is 6.42 Å². The third kappa shape index (κ3) is 1.54. The summed E-state index contributed by atoms with van der Waals surface area (Å²) in [6.07, 6.45) is 0.701. The van der Waals surface area contributed by atoms with E-state index in [1.165, 1.54) is 12.1 Å². The summed E-state index contributed by atoms with van der Waals surface area (Å²) in [5, 5.41) is 12.3. The lowest BCUT2D eigenvalue weighted by Gasteiger charge is -2.05. The average Bonchev–Trinajstić information content (AvgIpc) is 2.95. The lowest BCUT2D eigenvalue weighted by molar-refractivity contribution is 0.0652. The molecule has 0 saturated carbocycles. The Morgan fingerprint density at radius 1 is 1.44 bits per heavy atom. The first-order valence-electron chi connectivity index (χ1n) is 5.31. The summed E-state index contributed by atoms with van der Waals surface area (Å²) in [4.78, 5) is 10.7. The first-order chi connectivity index (χ1) is 8.66. The number of fused-ring (bicyclic) bond motifs is 1. The molecule has 0 saturated heterocycles. The van der Waals surface area contributed by atoms with E-state index >= 15 is 0 Å². The zero-order valence-corrected chi connectivity index (χ0v) is 9.14. The molecule has 3 rings (SSSR count). The number of hydrogen-bond donors (Lipinski definition) is 1. The zero-order chi connectivity index (χ0) is 12.7. The van der Waals surface area contributed by atoms with Crippen molar-refractivity contribution in [2.45, 2.75) is 6.42 Å². The molecule has 2 heterocycles. The summed E-state index contributed by atoms with van der Waals surface area (Å²) >= 11 is 0. The highest BCUT2D eigenvalue weighted by molar-refractivity contribution is 5.86. The summed E-state index contributed by atoms with van der Waals surface area (Å²) in [5.74, 6) is -1.68. The van der Waals surface area contributed by atoms with Crippen LogP contribution in [-0.4, -0.2) is 22.8 Å². The van der Waals surface area contributed by atoms with Crippen LogP contribution in [0.4, 0.5) is 4.39 Å². The van der Waals surface area contributed by atoms with E-state index in [1.807, 2.05) is 0 Å². The fourth-order valence-electron chi connectivity index (χ4n) is 1.96. The predicted molar refractivity (Wildman–Crippen MR) is 58.1 cm³/mol. The van der Waals surface area contributed by atoms with Gasteiger partial charge in [-0.1, -0.05) is 11.2 Å². The highest BCUT2D eigenvalue weighted by Crippen LogP contribution is 2.38. The van der Waals surface area contributed by atoms with Gasteiger partial charge in [-0.25, -0.2) is 9.18 Å². The second-order valence-electron chi connectivity index (χ2n) is 3.89. The SMILES string of the molecule is O=C(O)c1cc(-c2c(F)ccc3c2OCC3)no1. The fraction of sp³-hybridized carbons (Fsp3) is 0.167. The number of benzene rings is 1. The van der Waals surface area contributed by atoms with E-state index in [9.17, 15) is 9.18 Å². The van der Waals surface area contributed by atoms with Gasteiger partial charge in [0.2, 0.25) is 5.76 Å². The maximum atomic E-state index is 13.8. The van der Waals surface area contributed by atoms with Crippen molar-refractivity contribution < 1.29 is 23.6 Å². The molecular weight excluding hydrogens is 241 g/mol. The number of rotatable bonds is 2. The number of carbonyl (C=O) groups is 1. The van der Waals surface area contributed by atoms with E-state index in [4.69, 9.17) is 9.84 Å². The largest absolute Gasteiger partial charge is 0.492 e. The van der Waals surface area contributed by atoms with Gasteiger partial charge in [0, 0.05) is 12.5 Å². The van der Waals surface area contributed by atoms with Crippen LogP contribution >= 0.6 is 0 Å². The number of carboxylic acid groups (broad SMARTS) is 1. The van der Waals surface area contributed by atoms with Crippen LogP contribution in [0.15, 0.2) is 22.7 Å². The number of aromatic carboxylic acids is 1. The van der Waals surface area contributed by atoms with Crippen LogP contribution in [0.5, 0.6) is 5.75 Å². The van der Waals surface area contributed by atoms with Gasteiger partial charge in [0.25, 0.3) is 0 Å².